The molecule has 9 nitrogen and oxygen atoms in total. The molecule has 0 radical (unpaired) electrons. The third kappa shape index (κ3) is 16.1. The lowest BCUT2D eigenvalue weighted by molar-refractivity contribution is -0.140. The number of amides is 2. The molecule has 0 aliphatic heterocycles. The first kappa shape index (κ1) is 45.0. The van der Waals surface area contributed by atoms with Crippen LogP contribution in [0.1, 0.15) is 140 Å². The van der Waals surface area contributed by atoms with Crippen molar-refractivity contribution in [1.29, 1.82) is 0 Å². The van der Waals surface area contributed by atoms with Crippen molar-refractivity contribution in [3.63, 3.8) is 0 Å². The molecule has 2 unspecified atom stereocenters. The van der Waals surface area contributed by atoms with Crippen molar-refractivity contribution in [3.05, 3.63) is 82.9 Å². The van der Waals surface area contributed by atoms with Gasteiger partial charge >= 0.3 is 5.97 Å². The second kappa shape index (κ2) is 23.5. The van der Waals surface area contributed by atoms with Gasteiger partial charge in [0.05, 0.1) is 16.3 Å². The van der Waals surface area contributed by atoms with E-state index in [0.717, 1.165) is 12.8 Å². The Hall–Kier alpha value is -4.37. The zero-order valence-electron chi connectivity index (χ0n) is 33.4. The molecule has 0 spiro atoms. The minimum absolute atomic E-state index is 0.0330. The third-order valence-corrected chi connectivity index (χ3v) is 9.80. The molecule has 3 rings (SSSR count). The second-order valence-electron chi connectivity index (χ2n) is 15.3. The third-order valence-electron chi connectivity index (χ3n) is 9.47. The molecule has 300 valence electrons. The van der Waals surface area contributed by atoms with Gasteiger partial charge < -0.3 is 25.2 Å². The highest BCUT2D eigenvalue weighted by Crippen LogP contribution is 2.28. The Morgan fingerprint density at radius 2 is 1.29 bits per heavy atom. The van der Waals surface area contributed by atoms with Gasteiger partial charge in [-0.15, -0.1) is 0 Å². The Balaban J connectivity index is 1.53. The number of rotatable bonds is 25. The van der Waals surface area contributed by atoms with Gasteiger partial charge in [0.1, 0.15) is 11.5 Å². The fraction of sp³-hybridized carbons (Fsp3) is 0.511. The predicted octanol–water partition coefficient (Wildman–Crippen LogP) is 11.5. The van der Waals surface area contributed by atoms with Crippen molar-refractivity contribution < 1.29 is 33.8 Å². The summed E-state index contributed by atoms with van der Waals surface area (Å²) in [5.74, 6) is -1.98. The summed E-state index contributed by atoms with van der Waals surface area (Å²) in [5.41, 5.74) is 0.801. The van der Waals surface area contributed by atoms with Gasteiger partial charge in [-0.2, -0.15) is 0 Å². The van der Waals surface area contributed by atoms with Gasteiger partial charge in [0.15, 0.2) is 11.9 Å². The Morgan fingerprint density at radius 3 is 1.85 bits per heavy atom. The van der Waals surface area contributed by atoms with E-state index in [1.165, 1.54) is 119 Å². The number of carboxylic acid groups (broad SMARTS) is 1. The van der Waals surface area contributed by atoms with Crippen LogP contribution < -0.4 is 20.1 Å². The van der Waals surface area contributed by atoms with E-state index in [2.05, 4.69) is 23.6 Å². The van der Waals surface area contributed by atoms with E-state index < -0.39 is 35.3 Å². The van der Waals surface area contributed by atoms with Crippen LogP contribution in [0.25, 0.3) is 0 Å². The summed E-state index contributed by atoms with van der Waals surface area (Å²) in [4.78, 5) is 51.5. The highest BCUT2D eigenvalue weighted by atomic mass is 35.5. The molecule has 3 aromatic rings. The van der Waals surface area contributed by atoms with E-state index in [1.807, 2.05) is 25.1 Å². The zero-order valence-corrected chi connectivity index (χ0v) is 34.1. The number of benzene rings is 3. The van der Waals surface area contributed by atoms with E-state index in [0.29, 0.717) is 17.9 Å². The lowest BCUT2D eigenvalue weighted by Crippen LogP contribution is -2.45. The van der Waals surface area contributed by atoms with Gasteiger partial charge in [-0.3, -0.25) is 14.4 Å². The molecule has 2 amide bonds. The smallest absolute Gasteiger partial charge is 0.335 e. The Labute approximate surface area is 332 Å². The monoisotopic (exact) mass is 776 g/mol. The molecule has 0 aliphatic rings. The fourth-order valence-electron chi connectivity index (χ4n) is 6.16. The van der Waals surface area contributed by atoms with E-state index in [4.69, 9.17) is 21.1 Å². The molecule has 0 aromatic heterocycles. The van der Waals surface area contributed by atoms with Gasteiger partial charge in [0.25, 0.3) is 11.8 Å². The summed E-state index contributed by atoms with van der Waals surface area (Å²) in [7, 11) is 0. The number of nitrogens with one attached hydrogen (secondary N) is 2. The summed E-state index contributed by atoms with van der Waals surface area (Å²) in [5, 5.41) is 14.9. The summed E-state index contributed by atoms with van der Waals surface area (Å²) >= 11 is 6.44. The Bertz CT molecular complexity index is 1670. The SMILES string of the molecule is CCCCCCCCCCCCCCCc1cccc(OC(CC)C(=O)Nc2ccc(Cl)c(NC(=O)C(Oc3ccc(C(=O)O)cc3)C(=O)C(C)(C)C)c2)c1. The van der Waals surface area contributed by atoms with Crippen LogP contribution in [0.3, 0.4) is 0 Å². The van der Waals surface area contributed by atoms with Gasteiger partial charge in [-0.25, -0.2) is 4.79 Å². The van der Waals surface area contributed by atoms with Crippen LogP contribution in [0, 0.1) is 5.41 Å². The topological polar surface area (TPSA) is 131 Å². The number of carboxylic acids is 1. The van der Waals surface area contributed by atoms with Crippen molar-refractivity contribution in [2.24, 2.45) is 5.41 Å². The number of halogens is 1. The van der Waals surface area contributed by atoms with Crippen molar-refractivity contribution >= 4 is 46.5 Å². The number of anilines is 2. The minimum atomic E-state index is -1.57. The maximum atomic E-state index is 13.5. The molecule has 0 heterocycles. The van der Waals surface area contributed by atoms with Crippen molar-refractivity contribution in [3.8, 4) is 11.5 Å². The number of ketones is 1. The van der Waals surface area contributed by atoms with Crippen molar-refractivity contribution in [2.45, 2.75) is 143 Å². The van der Waals surface area contributed by atoms with Crippen LogP contribution in [-0.2, 0) is 20.8 Å². The largest absolute Gasteiger partial charge is 0.481 e. The van der Waals surface area contributed by atoms with E-state index >= 15 is 0 Å². The molecule has 3 N–H and O–H groups in total. The number of ether oxygens (including phenoxy) is 2. The van der Waals surface area contributed by atoms with Crippen LogP contribution in [0.15, 0.2) is 66.7 Å². The normalized spacial score (nSPS) is 12.4. The van der Waals surface area contributed by atoms with Gasteiger partial charge in [0, 0.05) is 11.1 Å². The first-order chi connectivity index (χ1) is 26.3. The zero-order chi connectivity index (χ0) is 40.2. The molecule has 0 saturated carbocycles. The van der Waals surface area contributed by atoms with Crippen LogP contribution >= 0.6 is 11.6 Å². The lowest BCUT2D eigenvalue weighted by atomic mass is 9.87. The summed E-state index contributed by atoms with van der Waals surface area (Å²) in [6.45, 7) is 9.13. The molecule has 55 heavy (non-hydrogen) atoms. The molecule has 0 aliphatic carbocycles. The standard InChI is InChI=1S/C45H61ClN2O7/c1-6-8-9-10-11-12-13-14-15-16-17-18-19-21-32-22-20-23-36(30-32)54-39(7-2)42(50)47-34-26-29-37(46)38(31-34)48-43(51)40(41(49)45(3,4)5)55-35-27-24-33(25-28-35)44(52)53/h20,22-31,39-40H,6-19,21H2,1-5H3,(H,47,50)(H,48,51)(H,52,53). The van der Waals surface area contributed by atoms with Gasteiger partial charge in [-0.05, 0) is 79.4 Å². The molecule has 0 bridgehead atoms. The summed E-state index contributed by atoms with van der Waals surface area (Å²) < 4.78 is 11.9. The van der Waals surface area contributed by atoms with Gasteiger partial charge in [0.2, 0.25) is 6.10 Å². The van der Waals surface area contributed by atoms with Gasteiger partial charge in [-0.1, -0.05) is 135 Å². The molecular weight excluding hydrogens is 716 g/mol. The molecule has 0 saturated heterocycles. The van der Waals surface area contributed by atoms with Crippen LogP contribution in [0.5, 0.6) is 11.5 Å². The second-order valence-corrected chi connectivity index (χ2v) is 15.7. The Kier molecular flexibility index (Phi) is 19.3. The quantitative estimate of drug-likeness (QED) is 0.0576. The first-order valence-corrected chi connectivity index (χ1v) is 20.4. The van der Waals surface area contributed by atoms with Crippen LogP contribution in [0.4, 0.5) is 11.4 Å². The number of carbonyl (C=O) groups is 4. The van der Waals surface area contributed by atoms with E-state index in [9.17, 15) is 24.3 Å². The summed E-state index contributed by atoms with van der Waals surface area (Å²) in [6.07, 6.45) is 16.2. The van der Waals surface area contributed by atoms with E-state index in [1.54, 1.807) is 26.8 Å². The fourth-order valence-corrected chi connectivity index (χ4v) is 6.32. The highest BCUT2D eigenvalue weighted by Gasteiger charge is 2.37. The van der Waals surface area contributed by atoms with Crippen molar-refractivity contribution in [1.82, 2.24) is 0 Å². The van der Waals surface area contributed by atoms with E-state index in [-0.39, 0.29) is 27.9 Å². The predicted molar refractivity (Wildman–Crippen MR) is 222 cm³/mol. The lowest BCUT2D eigenvalue weighted by Gasteiger charge is -2.25. The maximum absolute atomic E-state index is 13.5. The summed E-state index contributed by atoms with van der Waals surface area (Å²) in [6, 6.07) is 18.0. The number of Topliss-reactive ketones (excluding diaryl/α,β-unsaturated/α-hetero) is 1. The number of unbranched alkanes of at least 4 members (excludes halogenated alkanes) is 12. The first-order valence-electron chi connectivity index (χ1n) is 20.0. The van der Waals surface area contributed by atoms with Crippen molar-refractivity contribution in [2.75, 3.05) is 10.6 Å². The number of hydrogen-bond donors (Lipinski definition) is 3. The molecule has 3 aromatic carbocycles. The average Bonchev–Trinajstić information content (AvgIpc) is 3.15. The van der Waals surface area contributed by atoms with Crippen LogP contribution in [0.2, 0.25) is 5.02 Å². The number of aromatic carboxylic acids is 1. The minimum Gasteiger partial charge on any atom is -0.481 e. The van der Waals surface area contributed by atoms with Crippen LogP contribution in [-0.4, -0.2) is 40.9 Å². The number of hydrogen-bond acceptors (Lipinski definition) is 6. The molecule has 10 heteroatoms. The molecule has 0 fully saturated rings. The number of carbonyl (C=O) groups excluding carboxylic acids is 3. The maximum Gasteiger partial charge on any atom is 0.335 e. The molecule has 2 atom stereocenters. The average molecular weight is 777 g/mol. The number of aryl methyl sites for hydroxylation is 1. The highest BCUT2D eigenvalue weighted by molar-refractivity contribution is 6.34. The Morgan fingerprint density at radius 1 is 0.691 bits per heavy atom. The molecular formula is C45H61ClN2O7.